The highest BCUT2D eigenvalue weighted by Gasteiger charge is 2.26. The molecule has 6 nitrogen and oxygen atoms in total. The molecule has 0 unspecified atom stereocenters. The Morgan fingerprint density at radius 1 is 1.13 bits per heavy atom. The van der Waals surface area contributed by atoms with Gasteiger partial charge >= 0.3 is 6.09 Å². The maximum absolute atomic E-state index is 12.0. The van der Waals surface area contributed by atoms with Gasteiger partial charge in [0, 0.05) is 12.6 Å². The Bertz CT molecular complexity index is 406. The molecular formula is C17H31N3O3. The van der Waals surface area contributed by atoms with Gasteiger partial charge < -0.3 is 20.7 Å². The van der Waals surface area contributed by atoms with Gasteiger partial charge in [0.2, 0.25) is 5.91 Å². The van der Waals surface area contributed by atoms with Crippen molar-refractivity contribution in [1.29, 1.82) is 0 Å². The van der Waals surface area contributed by atoms with E-state index in [0.29, 0.717) is 5.92 Å². The Balaban J connectivity index is 1.62. The highest BCUT2D eigenvalue weighted by Crippen LogP contribution is 2.24. The fourth-order valence-electron chi connectivity index (χ4n) is 3.26. The molecule has 1 saturated carbocycles. The number of nitrogens with one attached hydrogen (secondary N) is 3. The first kappa shape index (κ1) is 18.0. The lowest BCUT2D eigenvalue weighted by atomic mass is 9.86. The number of carbonyl (C=O) groups excluding carboxylic acids is 2. The molecule has 1 aliphatic carbocycles. The van der Waals surface area contributed by atoms with Gasteiger partial charge in [-0.3, -0.25) is 4.79 Å². The fourth-order valence-corrected chi connectivity index (χ4v) is 3.26. The van der Waals surface area contributed by atoms with Crippen LogP contribution in [0.3, 0.4) is 0 Å². The summed E-state index contributed by atoms with van der Waals surface area (Å²) in [5.74, 6) is 0.647. The van der Waals surface area contributed by atoms with Gasteiger partial charge in [0.05, 0.1) is 6.04 Å². The Kier molecular flexibility index (Phi) is 6.27. The number of alkyl carbamates (subject to hydrolysis) is 1. The Morgan fingerprint density at radius 3 is 2.39 bits per heavy atom. The van der Waals surface area contributed by atoms with E-state index in [1.807, 2.05) is 20.8 Å². The molecule has 2 rings (SSSR count). The van der Waals surface area contributed by atoms with Crippen LogP contribution < -0.4 is 16.0 Å². The predicted molar refractivity (Wildman–Crippen MR) is 89.2 cm³/mol. The molecule has 0 aromatic heterocycles. The quantitative estimate of drug-likeness (QED) is 0.738. The molecule has 0 spiro atoms. The van der Waals surface area contributed by atoms with Crippen molar-refractivity contribution < 1.29 is 14.3 Å². The molecule has 0 bridgehead atoms. The molecule has 0 aromatic carbocycles. The van der Waals surface area contributed by atoms with Crippen molar-refractivity contribution in [2.75, 3.05) is 13.1 Å². The minimum Gasteiger partial charge on any atom is -0.444 e. The predicted octanol–water partition coefficient (Wildman–Crippen LogP) is 1.94. The molecule has 2 amide bonds. The Morgan fingerprint density at radius 2 is 1.83 bits per heavy atom. The molecule has 1 heterocycles. The highest BCUT2D eigenvalue weighted by molar-refractivity contribution is 5.81. The standard InChI is InChI=1S/C17H31N3O3/c1-17(2,3)23-16(22)20-13-8-6-12(7-9-13)11-19-15(21)14-5-4-10-18-14/h12-14,18H,4-11H2,1-3H3,(H,19,21)(H,20,22)/t12?,13?,14-/m0/s1. The van der Waals surface area contributed by atoms with Crippen LogP contribution in [0, 0.1) is 5.92 Å². The third-order valence-electron chi connectivity index (χ3n) is 4.51. The van der Waals surface area contributed by atoms with E-state index in [9.17, 15) is 9.59 Å². The van der Waals surface area contributed by atoms with Crippen molar-refractivity contribution in [3.8, 4) is 0 Å². The van der Waals surface area contributed by atoms with Gasteiger partial charge in [-0.05, 0) is 71.8 Å². The molecule has 132 valence electrons. The summed E-state index contributed by atoms with van der Waals surface area (Å²) in [5.41, 5.74) is -0.458. The van der Waals surface area contributed by atoms with Crippen molar-refractivity contribution in [3.05, 3.63) is 0 Å². The summed E-state index contributed by atoms with van der Waals surface area (Å²) in [4.78, 5) is 23.8. The van der Waals surface area contributed by atoms with E-state index in [0.717, 1.165) is 51.6 Å². The number of rotatable bonds is 4. The van der Waals surface area contributed by atoms with Crippen LogP contribution in [-0.2, 0) is 9.53 Å². The second-order valence-corrected chi connectivity index (χ2v) is 7.76. The first-order valence-corrected chi connectivity index (χ1v) is 8.84. The number of hydrogen-bond donors (Lipinski definition) is 3. The zero-order valence-corrected chi connectivity index (χ0v) is 14.6. The largest absolute Gasteiger partial charge is 0.444 e. The summed E-state index contributed by atoms with van der Waals surface area (Å²) >= 11 is 0. The van der Waals surface area contributed by atoms with Crippen molar-refractivity contribution >= 4 is 12.0 Å². The van der Waals surface area contributed by atoms with Gasteiger partial charge in [-0.2, -0.15) is 0 Å². The van der Waals surface area contributed by atoms with Crippen LogP contribution in [0.1, 0.15) is 59.3 Å². The summed E-state index contributed by atoms with van der Waals surface area (Å²) in [6.07, 6.45) is 5.64. The third-order valence-corrected chi connectivity index (χ3v) is 4.51. The SMILES string of the molecule is CC(C)(C)OC(=O)NC1CCC(CNC(=O)[C@@H]2CCCN2)CC1. The fraction of sp³-hybridized carbons (Fsp3) is 0.882. The van der Waals surface area contributed by atoms with Crippen molar-refractivity contribution in [2.24, 2.45) is 5.92 Å². The van der Waals surface area contributed by atoms with Crippen molar-refractivity contribution in [3.63, 3.8) is 0 Å². The van der Waals surface area contributed by atoms with Gasteiger partial charge in [-0.25, -0.2) is 4.79 Å². The average molecular weight is 325 g/mol. The van der Waals surface area contributed by atoms with Gasteiger partial charge in [-0.1, -0.05) is 0 Å². The number of ether oxygens (including phenoxy) is 1. The zero-order chi connectivity index (χ0) is 16.9. The Labute approximate surface area is 139 Å². The zero-order valence-electron chi connectivity index (χ0n) is 14.6. The van der Waals surface area contributed by atoms with E-state index in [4.69, 9.17) is 4.74 Å². The lowest BCUT2D eigenvalue weighted by Crippen LogP contribution is -2.44. The lowest BCUT2D eigenvalue weighted by molar-refractivity contribution is -0.123. The van der Waals surface area contributed by atoms with Crippen molar-refractivity contribution in [2.45, 2.75) is 77.0 Å². The lowest BCUT2D eigenvalue weighted by Gasteiger charge is -2.30. The third kappa shape index (κ3) is 6.37. The minimum absolute atomic E-state index is 0.000161. The molecule has 1 aliphatic heterocycles. The van der Waals surface area contributed by atoms with Crippen LogP contribution in [0.4, 0.5) is 4.79 Å². The van der Waals surface area contributed by atoms with E-state index in [2.05, 4.69) is 16.0 Å². The summed E-state index contributed by atoms with van der Waals surface area (Å²) in [5, 5.41) is 9.23. The summed E-state index contributed by atoms with van der Waals surface area (Å²) < 4.78 is 5.29. The van der Waals surface area contributed by atoms with Gasteiger partial charge in [0.15, 0.2) is 0 Å². The highest BCUT2D eigenvalue weighted by atomic mass is 16.6. The van der Waals surface area contributed by atoms with E-state index in [1.165, 1.54) is 0 Å². The number of amides is 2. The van der Waals surface area contributed by atoms with E-state index >= 15 is 0 Å². The van der Waals surface area contributed by atoms with Gasteiger partial charge in [-0.15, -0.1) is 0 Å². The van der Waals surface area contributed by atoms with Crippen LogP contribution in [-0.4, -0.2) is 42.8 Å². The van der Waals surface area contributed by atoms with E-state index in [1.54, 1.807) is 0 Å². The Hall–Kier alpha value is -1.30. The number of carbonyl (C=O) groups is 2. The first-order chi connectivity index (χ1) is 10.8. The topological polar surface area (TPSA) is 79.5 Å². The second kappa shape index (κ2) is 7.99. The molecule has 2 fully saturated rings. The van der Waals surface area contributed by atoms with Crippen LogP contribution in [0.25, 0.3) is 0 Å². The molecule has 0 radical (unpaired) electrons. The van der Waals surface area contributed by atoms with Gasteiger partial charge in [0.25, 0.3) is 0 Å². The van der Waals surface area contributed by atoms with Crippen LogP contribution in [0.15, 0.2) is 0 Å². The smallest absolute Gasteiger partial charge is 0.407 e. The first-order valence-electron chi connectivity index (χ1n) is 8.84. The molecule has 3 N–H and O–H groups in total. The van der Waals surface area contributed by atoms with Crippen molar-refractivity contribution in [1.82, 2.24) is 16.0 Å². The van der Waals surface area contributed by atoms with E-state index < -0.39 is 5.60 Å². The molecule has 2 aliphatic rings. The molecular weight excluding hydrogens is 294 g/mol. The second-order valence-electron chi connectivity index (χ2n) is 7.76. The molecule has 6 heteroatoms. The van der Waals surface area contributed by atoms with Crippen LogP contribution in [0.5, 0.6) is 0 Å². The van der Waals surface area contributed by atoms with Crippen LogP contribution in [0.2, 0.25) is 0 Å². The normalized spacial score (nSPS) is 28.2. The molecule has 23 heavy (non-hydrogen) atoms. The summed E-state index contributed by atoms with van der Waals surface area (Å²) in [7, 11) is 0. The maximum Gasteiger partial charge on any atom is 0.407 e. The average Bonchev–Trinajstić information content (AvgIpc) is 2.98. The molecule has 1 atom stereocenters. The molecule has 0 aromatic rings. The maximum atomic E-state index is 12.0. The van der Waals surface area contributed by atoms with E-state index in [-0.39, 0.29) is 24.1 Å². The summed E-state index contributed by atoms with van der Waals surface area (Å²) in [6.45, 7) is 7.29. The number of hydrogen-bond acceptors (Lipinski definition) is 4. The van der Waals surface area contributed by atoms with Gasteiger partial charge in [0.1, 0.15) is 5.60 Å². The molecule has 1 saturated heterocycles. The minimum atomic E-state index is -0.458. The summed E-state index contributed by atoms with van der Waals surface area (Å²) in [6, 6.07) is 0.188. The monoisotopic (exact) mass is 325 g/mol. The van der Waals surface area contributed by atoms with Crippen LogP contribution >= 0.6 is 0 Å².